The molecule has 0 spiro atoms. The number of carbonyl (C=O) groups excluding carboxylic acids is 2. The van der Waals surface area contributed by atoms with Crippen LogP contribution in [-0.2, 0) is 32.7 Å². The molecule has 1 N–H and O–H groups in total. The van der Waals surface area contributed by atoms with E-state index in [1.807, 2.05) is 30.3 Å². The van der Waals surface area contributed by atoms with E-state index in [2.05, 4.69) is 5.32 Å². The van der Waals surface area contributed by atoms with E-state index in [0.717, 1.165) is 9.87 Å². The van der Waals surface area contributed by atoms with E-state index in [1.54, 1.807) is 48.5 Å². The quantitative estimate of drug-likeness (QED) is 0.273. The predicted octanol–water partition coefficient (Wildman–Crippen LogP) is 5.29. The van der Waals surface area contributed by atoms with Crippen LogP contribution in [0.2, 0.25) is 10.0 Å². The number of fused-ring (bicyclic) bond motifs is 1. The van der Waals surface area contributed by atoms with Crippen LogP contribution < -0.4 is 15.0 Å². The van der Waals surface area contributed by atoms with Gasteiger partial charge in [0.2, 0.25) is 15.9 Å². The van der Waals surface area contributed by atoms with Crippen molar-refractivity contribution < 1.29 is 22.7 Å². The standard InChI is InChI=1S/C31H27Cl2N3O5S/c32-24-12-10-23(11-13-24)19-35(42(39,40)26-16-14-25(33)15-17-26)21-30(37)36-20-29(41-28-9-5-4-8-27(28)36)31(38)34-18-22-6-2-1-3-7-22/h1-17,29H,18-21H2,(H,34,38)/t29-/m0/s1. The molecule has 216 valence electrons. The van der Waals surface area contributed by atoms with Crippen LogP contribution in [0.5, 0.6) is 5.75 Å². The van der Waals surface area contributed by atoms with Gasteiger partial charge in [-0.2, -0.15) is 4.31 Å². The van der Waals surface area contributed by atoms with Crippen molar-refractivity contribution in [2.24, 2.45) is 0 Å². The number of hydrogen-bond acceptors (Lipinski definition) is 5. The Morgan fingerprint density at radius 3 is 2.14 bits per heavy atom. The molecule has 1 atom stereocenters. The zero-order valence-corrected chi connectivity index (χ0v) is 24.6. The number of para-hydroxylation sites is 2. The van der Waals surface area contributed by atoms with Gasteiger partial charge in [0, 0.05) is 23.1 Å². The number of amides is 2. The fraction of sp³-hybridized carbons (Fsp3) is 0.161. The Balaban J connectivity index is 1.40. The van der Waals surface area contributed by atoms with Crippen LogP contribution in [0.15, 0.2) is 108 Å². The highest BCUT2D eigenvalue weighted by Gasteiger charge is 2.36. The molecule has 8 nitrogen and oxygen atoms in total. The molecule has 42 heavy (non-hydrogen) atoms. The predicted molar refractivity (Wildman–Crippen MR) is 162 cm³/mol. The summed E-state index contributed by atoms with van der Waals surface area (Å²) in [6, 6.07) is 28.7. The maximum atomic E-state index is 13.9. The van der Waals surface area contributed by atoms with Crippen molar-refractivity contribution in [1.82, 2.24) is 9.62 Å². The van der Waals surface area contributed by atoms with Crippen LogP contribution in [0.4, 0.5) is 5.69 Å². The van der Waals surface area contributed by atoms with E-state index < -0.39 is 34.5 Å². The van der Waals surface area contributed by atoms with Gasteiger partial charge >= 0.3 is 0 Å². The number of halogens is 2. The second kappa shape index (κ2) is 13.0. The number of anilines is 1. The normalized spacial score (nSPS) is 14.6. The maximum absolute atomic E-state index is 13.9. The molecular formula is C31H27Cl2N3O5S. The van der Waals surface area contributed by atoms with E-state index in [4.69, 9.17) is 27.9 Å². The molecule has 1 aliphatic heterocycles. The van der Waals surface area contributed by atoms with Gasteiger partial charge in [0.15, 0.2) is 6.10 Å². The minimum absolute atomic E-state index is 0.00536. The Morgan fingerprint density at radius 2 is 1.45 bits per heavy atom. The van der Waals surface area contributed by atoms with Gasteiger partial charge in [0.05, 0.1) is 23.7 Å². The van der Waals surface area contributed by atoms with Crippen LogP contribution in [-0.4, -0.2) is 43.7 Å². The zero-order chi connectivity index (χ0) is 29.7. The number of benzene rings is 4. The Kier molecular flexibility index (Phi) is 9.13. The summed E-state index contributed by atoms with van der Waals surface area (Å²) in [5.74, 6) is -0.558. The van der Waals surface area contributed by atoms with Gasteiger partial charge in [-0.1, -0.05) is 77.8 Å². The summed E-state index contributed by atoms with van der Waals surface area (Å²) in [4.78, 5) is 28.4. The largest absolute Gasteiger partial charge is 0.477 e. The second-order valence-electron chi connectivity index (χ2n) is 9.64. The molecule has 11 heteroatoms. The zero-order valence-electron chi connectivity index (χ0n) is 22.3. The topological polar surface area (TPSA) is 96.0 Å². The first kappa shape index (κ1) is 29.6. The lowest BCUT2D eigenvalue weighted by atomic mass is 10.1. The summed E-state index contributed by atoms with van der Waals surface area (Å²) in [6.07, 6.45) is -0.995. The molecular weight excluding hydrogens is 597 g/mol. The van der Waals surface area contributed by atoms with Crippen molar-refractivity contribution in [2.45, 2.75) is 24.1 Å². The molecule has 5 rings (SSSR count). The van der Waals surface area contributed by atoms with Gasteiger partial charge in [0.25, 0.3) is 5.91 Å². The average Bonchev–Trinajstić information content (AvgIpc) is 3.00. The van der Waals surface area contributed by atoms with E-state index >= 15 is 0 Å². The van der Waals surface area contributed by atoms with Crippen molar-refractivity contribution in [3.05, 3.63) is 124 Å². The Hall–Kier alpha value is -3.89. The highest BCUT2D eigenvalue weighted by atomic mass is 35.5. The van der Waals surface area contributed by atoms with Crippen LogP contribution in [0.1, 0.15) is 11.1 Å². The van der Waals surface area contributed by atoms with E-state index in [1.165, 1.54) is 29.2 Å². The first-order chi connectivity index (χ1) is 20.2. The lowest BCUT2D eigenvalue weighted by Crippen LogP contribution is -2.52. The van der Waals surface area contributed by atoms with Crippen LogP contribution in [0.25, 0.3) is 0 Å². The summed E-state index contributed by atoms with van der Waals surface area (Å²) >= 11 is 12.0. The van der Waals surface area contributed by atoms with E-state index in [9.17, 15) is 18.0 Å². The lowest BCUT2D eigenvalue weighted by Gasteiger charge is -2.35. The van der Waals surface area contributed by atoms with Crippen molar-refractivity contribution in [3.63, 3.8) is 0 Å². The third-order valence-corrected chi connectivity index (χ3v) is 9.02. The molecule has 0 saturated carbocycles. The summed E-state index contributed by atoms with van der Waals surface area (Å²) in [6.45, 7) is -0.364. The number of sulfonamides is 1. The molecule has 0 aromatic heterocycles. The number of carbonyl (C=O) groups is 2. The molecule has 1 aliphatic rings. The number of ether oxygens (including phenoxy) is 1. The van der Waals surface area contributed by atoms with Gasteiger partial charge in [-0.15, -0.1) is 0 Å². The first-order valence-electron chi connectivity index (χ1n) is 13.1. The van der Waals surface area contributed by atoms with Crippen LogP contribution >= 0.6 is 23.2 Å². The molecule has 0 bridgehead atoms. The molecule has 0 radical (unpaired) electrons. The minimum atomic E-state index is -4.12. The van der Waals surface area contributed by atoms with Crippen molar-refractivity contribution >= 4 is 50.7 Å². The van der Waals surface area contributed by atoms with Crippen LogP contribution in [0.3, 0.4) is 0 Å². The summed E-state index contributed by atoms with van der Waals surface area (Å²) < 4.78 is 34.6. The summed E-state index contributed by atoms with van der Waals surface area (Å²) in [5, 5.41) is 3.75. The Morgan fingerprint density at radius 1 is 0.833 bits per heavy atom. The SMILES string of the molecule is O=C(NCc1ccccc1)[C@@H]1CN(C(=O)CN(Cc2ccc(Cl)cc2)S(=O)(=O)c2ccc(Cl)cc2)c2ccccc2O1. The van der Waals surface area contributed by atoms with Gasteiger partial charge < -0.3 is 15.0 Å². The minimum Gasteiger partial charge on any atom is -0.477 e. The van der Waals surface area contributed by atoms with Gasteiger partial charge in [0.1, 0.15) is 5.75 Å². The fourth-order valence-electron chi connectivity index (χ4n) is 4.52. The summed E-state index contributed by atoms with van der Waals surface area (Å²) in [7, 11) is -4.12. The average molecular weight is 625 g/mol. The molecule has 2 amide bonds. The highest BCUT2D eigenvalue weighted by Crippen LogP contribution is 2.34. The second-order valence-corrected chi connectivity index (χ2v) is 12.4. The molecule has 0 fully saturated rings. The van der Waals surface area contributed by atoms with Gasteiger partial charge in [-0.3, -0.25) is 9.59 Å². The summed E-state index contributed by atoms with van der Waals surface area (Å²) in [5.41, 5.74) is 2.01. The number of nitrogens with one attached hydrogen (secondary N) is 1. The van der Waals surface area contributed by atoms with Crippen molar-refractivity contribution in [1.29, 1.82) is 0 Å². The third-order valence-electron chi connectivity index (χ3n) is 6.71. The lowest BCUT2D eigenvalue weighted by molar-refractivity contribution is -0.128. The fourth-order valence-corrected chi connectivity index (χ4v) is 6.15. The highest BCUT2D eigenvalue weighted by molar-refractivity contribution is 7.89. The molecule has 0 unspecified atom stereocenters. The van der Waals surface area contributed by atoms with Crippen molar-refractivity contribution in [2.75, 3.05) is 18.0 Å². The molecule has 4 aromatic rings. The van der Waals surface area contributed by atoms with Gasteiger partial charge in [-0.25, -0.2) is 8.42 Å². The molecule has 4 aromatic carbocycles. The number of hydrogen-bond donors (Lipinski definition) is 1. The van der Waals surface area contributed by atoms with Gasteiger partial charge in [-0.05, 0) is 59.7 Å². The molecule has 1 heterocycles. The van der Waals surface area contributed by atoms with Crippen LogP contribution in [0, 0.1) is 0 Å². The van der Waals surface area contributed by atoms with Crippen molar-refractivity contribution in [3.8, 4) is 5.75 Å². The number of rotatable bonds is 9. The Labute approximate surface area is 254 Å². The first-order valence-corrected chi connectivity index (χ1v) is 15.3. The van der Waals surface area contributed by atoms with E-state index in [0.29, 0.717) is 33.6 Å². The third kappa shape index (κ3) is 6.94. The molecule has 0 saturated heterocycles. The monoisotopic (exact) mass is 623 g/mol. The number of nitrogens with zero attached hydrogens (tertiary/aromatic N) is 2. The smallest absolute Gasteiger partial charge is 0.263 e. The molecule has 0 aliphatic carbocycles. The Bertz CT molecular complexity index is 1670. The maximum Gasteiger partial charge on any atom is 0.263 e. The van der Waals surface area contributed by atoms with E-state index in [-0.39, 0.29) is 18.0 Å².